The fourth-order valence-electron chi connectivity index (χ4n) is 2.71. The van der Waals surface area contributed by atoms with Gasteiger partial charge in [0.05, 0.1) is 22.2 Å². The van der Waals surface area contributed by atoms with Gasteiger partial charge in [0.1, 0.15) is 0 Å². The second-order valence-electron chi connectivity index (χ2n) is 5.81. The Bertz CT molecular complexity index is 604. The SMILES string of the molecule is CCC(N)Cc1ccc(N2CCS(=O)(=O)CC2C)c(Cl)c1. The van der Waals surface area contributed by atoms with Crippen molar-refractivity contribution in [2.75, 3.05) is 23.0 Å². The van der Waals surface area contributed by atoms with E-state index in [1.807, 2.05) is 25.1 Å². The molecule has 0 spiro atoms. The van der Waals surface area contributed by atoms with Gasteiger partial charge >= 0.3 is 0 Å². The summed E-state index contributed by atoms with van der Waals surface area (Å²) in [6.07, 6.45) is 1.74. The summed E-state index contributed by atoms with van der Waals surface area (Å²) in [4.78, 5) is 2.08. The van der Waals surface area contributed by atoms with Crippen LogP contribution in [-0.4, -0.2) is 38.6 Å². The molecule has 0 amide bonds. The molecule has 2 N–H and O–H groups in total. The van der Waals surface area contributed by atoms with Gasteiger partial charge < -0.3 is 10.6 Å². The number of hydrogen-bond acceptors (Lipinski definition) is 4. The molecule has 118 valence electrons. The third kappa shape index (κ3) is 4.11. The van der Waals surface area contributed by atoms with Crippen molar-refractivity contribution in [2.24, 2.45) is 5.73 Å². The maximum Gasteiger partial charge on any atom is 0.154 e. The lowest BCUT2D eigenvalue weighted by atomic mass is 10.0. The Balaban J connectivity index is 2.18. The van der Waals surface area contributed by atoms with E-state index < -0.39 is 9.84 Å². The molecule has 1 aliphatic rings. The van der Waals surface area contributed by atoms with Gasteiger partial charge in [0.25, 0.3) is 0 Å². The first-order valence-corrected chi connectivity index (χ1v) is 9.53. The molecule has 2 unspecified atom stereocenters. The van der Waals surface area contributed by atoms with Crippen LogP contribution in [0.4, 0.5) is 5.69 Å². The van der Waals surface area contributed by atoms with E-state index in [2.05, 4.69) is 11.8 Å². The van der Waals surface area contributed by atoms with Crippen LogP contribution in [-0.2, 0) is 16.3 Å². The smallest absolute Gasteiger partial charge is 0.154 e. The van der Waals surface area contributed by atoms with Gasteiger partial charge in [-0.15, -0.1) is 0 Å². The van der Waals surface area contributed by atoms with Crippen molar-refractivity contribution >= 4 is 27.1 Å². The molecule has 1 aliphatic heterocycles. The lowest BCUT2D eigenvalue weighted by Gasteiger charge is -2.35. The number of hydrogen-bond donors (Lipinski definition) is 1. The highest BCUT2D eigenvalue weighted by molar-refractivity contribution is 7.91. The summed E-state index contributed by atoms with van der Waals surface area (Å²) in [6, 6.07) is 6.06. The van der Waals surface area contributed by atoms with E-state index in [1.54, 1.807) is 0 Å². The molecule has 2 rings (SSSR count). The maximum atomic E-state index is 11.7. The van der Waals surface area contributed by atoms with Gasteiger partial charge in [-0.1, -0.05) is 24.6 Å². The molecule has 0 aliphatic carbocycles. The highest BCUT2D eigenvalue weighted by atomic mass is 35.5. The molecule has 21 heavy (non-hydrogen) atoms. The average molecular weight is 331 g/mol. The Kier molecular flexibility index (Phi) is 5.17. The summed E-state index contributed by atoms with van der Waals surface area (Å²) < 4.78 is 23.3. The summed E-state index contributed by atoms with van der Waals surface area (Å²) in [5.41, 5.74) is 8.00. The van der Waals surface area contributed by atoms with Gasteiger partial charge in [-0.25, -0.2) is 8.42 Å². The Morgan fingerprint density at radius 3 is 2.76 bits per heavy atom. The van der Waals surface area contributed by atoms with Gasteiger partial charge in [-0.3, -0.25) is 0 Å². The fraction of sp³-hybridized carbons (Fsp3) is 0.600. The summed E-state index contributed by atoms with van der Waals surface area (Å²) in [5.74, 6) is 0.377. The normalized spacial score (nSPS) is 23.0. The Hall–Kier alpha value is -0.780. The molecule has 2 atom stereocenters. The number of nitrogens with two attached hydrogens (primary N) is 1. The average Bonchev–Trinajstić information content (AvgIpc) is 2.39. The van der Waals surface area contributed by atoms with E-state index >= 15 is 0 Å². The summed E-state index contributed by atoms with van der Waals surface area (Å²) in [7, 11) is -2.91. The highest BCUT2D eigenvalue weighted by Gasteiger charge is 2.29. The first-order valence-electron chi connectivity index (χ1n) is 7.33. The molecule has 1 heterocycles. The molecular formula is C15H23ClN2O2S. The Morgan fingerprint density at radius 1 is 1.48 bits per heavy atom. The zero-order chi connectivity index (χ0) is 15.6. The highest BCUT2D eigenvalue weighted by Crippen LogP contribution is 2.30. The molecular weight excluding hydrogens is 308 g/mol. The van der Waals surface area contributed by atoms with Gasteiger partial charge in [0.15, 0.2) is 9.84 Å². The van der Waals surface area contributed by atoms with E-state index in [0.29, 0.717) is 11.6 Å². The van der Waals surface area contributed by atoms with Crippen LogP contribution in [0.5, 0.6) is 0 Å². The van der Waals surface area contributed by atoms with Crippen molar-refractivity contribution in [2.45, 2.75) is 38.8 Å². The molecule has 0 saturated carbocycles. The number of rotatable bonds is 4. The van der Waals surface area contributed by atoms with E-state index in [0.717, 1.165) is 24.1 Å². The second-order valence-corrected chi connectivity index (χ2v) is 8.45. The van der Waals surface area contributed by atoms with Crippen LogP contribution in [0.25, 0.3) is 0 Å². The lowest BCUT2D eigenvalue weighted by Crippen LogP contribution is -2.47. The van der Waals surface area contributed by atoms with Gasteiger partial charge in [-0.2, -0.15) is 0 Å². The molecule has 1 saturated heterocycles. The molecule has 0 radical (unpaired) electrons. The van der Waals surface area contributed by atoms with E-state index in [9.17, 15) is 8.42 Å². The predicted molar refractivity (Wildman–Crippen MR) is 88.9 cm³/mol. The summed E-state index contributed by atoms with van der Waals surface area (Å²) in [6.45, 7) is 4.49. The van der Waals surface area contributed by atoms with Crippen LogP contribution in [0.3, 0.4) is 0 Å². The van der Waals surface area contributed by atoms with Gasteiger partial charge in [0, 0.05) is 18.6 Å². The molecule has 1 fully saturated rings. The zero-order valence-electron chi connectivity index (χ0n) is 12.5. The topological polar surface area (TPSA) is 63.4 Å². The van der Waals surface area contributed by atoms with E-state index in [1.165, 1.54) is 0 Å². The van der Waals surface area contributed by atoms with Crippen molar-refractivity contribution in [1.82, 2.24) is 0 Å². The summed E-state index contributed by atoms with van der Waals surface area (Å²) in [5, 5.41) is 0.668. The number of benzene rings is 1. The number of halogens is 1. The Morgan fingerprint density at radius 2 is 2.19 bits per heavy atom. The van der Waals surface area contributed by atoms with Crippen LogP contribution >= 0.6 is 11.6 Å². The molecule has 4 nitrogen and oxygen atoms in total. The van der Waals surface area contributed by atoms with Crippen LogP contribution in [0.15, 0.2) is 18.2 Å². The van der Waals surface area contributed by atoms with Gasteiger partial charge in [-0.05, 0) is 37.5 Å². The number of sulfone groups is 1. The van der Waals surface area contributed by atoms with E-state index in [-0.39, 0.29) is 23.6 Å². The van der Waals surface area contributed by atoms with Gasteiger partial charge in [0.2, 0.25) is 0 Å². The van der Waals surface area contributed by atoms with Crippen molar-refractivity contribution < 1.29 is 8.42 Å². The van der Waals surface area contributed by atoms with Crippen LogP contribution in [0.1, 0.15) is 25.8 Å². The minimum absolute atomic E-state index is 0.0509. The number of anilines is 1. The minimum atomic E-state index is -2.91. The quantitative estimate of drug-likeness (QED) is 0.919. The van der Waals surface area contributed by atoms with Crippen LogP contribution in [0.2, 0.25) is 5.02 Å². The third-order valence-corrected chi connectivity index (χ3v) is 6.11. The molecule has 6 heteroatoms. The maximum absolute atomic E-state index is 11.7. The first-order chi connectivity index (χ1) is 9.82. The minimum Gasteiger partial charge on any atom is -0.366 e. The monoisotopic (exact) mass is 330 g/mol. The third-order valence-electron chi connectivity index (χ3n) is 4.01. The van der Waals surface area contributed by atoms with Crippen molar-refractivity contribution in [3.8, 4) is 0 Å². The van der Waals surface area contributed by atoms with Crippen molar-refractivity contribution in [1.29, 1.82) is 0 Å². The van der Waals surface area contributed by atoms with Crippen LogP contribution < -0.4 is 10.6 Å². The second kappa shape index (κ2) is 6.55. The first kappa shape index (κ1) is 16.6. The number of nitrogens with zero attached hydrogens (tertiary/aromatic N) is 1. The largest absolute Gasteiger partial charge is 0.366 e. The predicted octanol–water partition coefficient (Wildman–Crippen LogP) is 2.24. The van der Waals surface area contributed by atoms with Crippen molar-refractivity contribution in [3.63, 3.8) is 0 Å². The van der Waals surface area contributed by atoms with Crippen molar-refractivity contribution in [3.05, 3.63) is 28.8 Å². The standard InChI is InChI=1S/C15H23ClN2O2S/c1-3-13(17)8-12-4-5-15(14(16)9-12)18-6-7-21(19,20)10-11(18)2/h4-5,9,11,13H,3,6-8,10,17H2,1-2H3. The zero-order valence-corrected chi connectivity index (χ0v) is 14.1. The fourth-order valence-corrected chi connectivity index (χ4v) is 4.58. The lowest BCUT2D eigenvalue weighted by molar-refractivity contribution is 0.568. The molecule has 1 aromatic carbocycles. The molecule has 0 bridgehead atoms. The summed E-state index contributed by atoms with van der Waals surface area (Å²) >= 11 is 6.39. The molecule has 1 aromatic rings. The molecule has 0 aromatic heterocycles. The van der Waals surface area contributed by atoms with E-state index in [4.69, 9.17) is 17.3 Å². The van der Waals surface area contributed by atoms with Crippen LogP contribution in [0, 0.1) is 0 Å². The Labute approximate surface area is 132 Å².